The first-order chi connectivity index (χ1) is 9.08. The number of carbonyl (C=O) groups is 1. The van der Waals surface area contributed by atoms with Crippen molar-refractivity contribution in [3.8, 4) is 0 Å². The Kier molecular flexibility index (Phi) is 3.90. The zero-order valence-corrected chi connectivity index (χ0v) is 10.4. The van der Waals surface area contributed by atoms with Gasteiger partial charge in [0.25, 0.3) is 5.91 Å². The van der Waals surface area contributed by atoms with Crippen LogP contribution in [0.3, 0.4) is 0 Å². The van der Waals surface area contributed by atoms with E-state index in [0.717, 1.165) is 5.56 Å². The maximum Gasteiger partial charge on any atom is 0.254 e. The molecule has 0 saturated carbocycles. The van der Waals surface area contributed by atoms with Crippen molar-refractivity contribution in [2.45, 2.75) is 13.5 Å². The highest BCUT2D eigenvalue weighted by Gasteiger charge is 2.11. The molecule has 0 fully saturated rings. The first-order valence-corrected chi connectivity index (χ1v) is 5.85. The van der Waals surface area contributed by atoms with Crippen molar-refractivity contribution < 1.29 is 13.6 Å². The molecule has 19 heavy (non-hydrogen) atoms. The van der Waals surface area contributed by atoms with Crippen molar-refractivity contribution in [1.82, 2.24) is 5.32 Å². The summed E-state index contributed by atoms with van der Waals surface area (Å²) in [6, 6.07) is 10.5. The minimum atomic E-state index is -0.578. The summed E-state index contributed by atoms with van der Waals surface area (Å²) in [6.07, 6.45) is 0. The first-order valence-electron chi connectivity index (χ1n) is 5.85. The minimum absolute atomic E-state index is 0.0266. The van der Waals surface area contributed by atoms with Crippen LogP contribution in [-0.2, 0) is 6.54 Å². The summed E-state index contributed by atoms with van der Waals surface area (Å²) in [5, 5.41) is 2.50. The second-order valence-electron chi connectivity index (χ2n) is 4.26. The maximum absolute atomic E-state index is 13.6. The second-order valence-corrected chi connectivity index (χ2v) is 4.26. The summed E-state index contributed by atoms with van der Waals surface area (Å²) < 4.78 is 26.9. The van der Waals surface area contributed by atoms with Gasteiger partial charge in [0.15, 0.2) is 0 Å². The summed E-state index contributed by atoms with van der Waals surface area (Å²) in [7, 11) is 0. The Morgan fingerprint density at radius 1 is 1.11 bits per heavy atom. The molecule has 0 aliphatic carbocycles. The predicted molar refractivity (Wildman–Crippen MR) is 68.7 cm³/mol. The Hall–Kier alpha value is -2.23. The van der Waals surface area contributed by atoms with E-state index in [1.165, 1.54) is 18.2 Å². The van der Waals surface area contributed by atoms with Crippen LogP contribution in [0.1, 0.15) is 21.5 Å². The van der Waals surface area contributed by atoms with Crippen molar-refractivity contribution in [2.75, 3.05) is 0 Å². The quantitative estimate of drug-likeness (QED) is 0.903. The van der Waals surface area contributed by atoms with E-state index in [-0.39, 0.29) is 12.1 Å². The van der Waals surface area contributed by atoms with Gasteiger partial charge in [0.1, 0.15) is 11.6 Å². The molecule has 98 valence electrons. The Morgan fingerprint density at radius 2 is 1.84 bits per heavy atom. The fourth-order valence-electron chi connectivity index (χ4n) is 1.72. The molecule has 4 heteroatoms. The first kappa shape index (κ1) is 13.2. The van der Waals surface area contributed by atoms with Gasteiger partial charge in [0.05, 0.1) is 5.56 Å². The molecular weight excluding hydrogens is 248 g/mol. The van der Waals surface area contributed by atoms with Gasteiger partial charge < -0.3 is 5.32 Å². The SMILES string of the molecule is Cc1ccc(C(=O)NCc2ccccc2F)c(F)c1. The normalized spacial score (nSPS) is 10.3. The monoisotopic (exact) mass is 261 g/mol. The molecule has 1 amide bonds. The van der Waals surface area contributed by atoms with Crippen LogP contribution in [0.25, 0.3) is 0 Å². The van der Waals surface area contributed by atoms with Crippen LogP contribution < -0.4 is 5.32 Å². The van der Waals surface area contributed by atoms with Crippen LogP contribution in [-0.4, -0.2) is 5.91 Å². The molecule has 0 radical (unpaired) electrons. The average Bonchev–Trinajstić information content (AvgIpc) is 2.37. The number of carbonyl (C=O) groups excluding carboxylic acids is 1. The van der Waals surface area contributed by atoms with Crippen molar-refractivity contribution in [3.05, 3.63) is 70.8 Å². The molecule has 0 heterocycles. The van der Waals surface area contributed by atoms with Crippen molar-refractivity contribution in [2.24, 2.45) is 0 Å². The third kappa shape index (κ3) is 3.16. The Balaban J connectivity index is 2.08. The smallest absolute Gasteiger partial charge is 0.254 e. The molecule has 0 bridgehead atoms. The van der Waals surface area contributed by atoms with E-state index in [4.69, 9.17) is 0 Å². The molecule has 0 aromatic heterocycles. The lowest BCUT2D eigenvalue weighted by atomic mass is 10.1. The average molecular weight is 261 g/mol. The Morgan fingerprint density at radius 3 is 2.53 bits per heavy atom. The summed E-state index contributed by atoms with van der Waals surface area (Å²) in [5.74, 6) is -1.53. The molecule has 0 aliphatic rings. The third-order valence-electron chi connectivity index (χ3n) is 2.77. The number of amides is 1. The van der Waals surface area contributed by atoms with E-state index in [0.29, 0.717) is 5.56 Å². The zero-order valence-electron chi connectivity index (χ0n) is 10.4. The van der Waals surface area contributed by atoms with Gasteiger partial charge in [-0.25, -0.2) is 8.78 Å². The molecular formula is C15H13F2NO. The maximum atomic E-state index is 13.6. The highest BCUT2D eigenvalue weighted by molar-refractivity contribution is 5.94. The van der Waals surface area contributed by atoms with Crippen LogP contribution in [0.2, 0.25) is 0 Å². The lowest BCUT2D eigenvalue weighted by Crippen LogP contribution is -2.24. The minimum Gasteiger partial charge on any atom is -0.348 e. The van der Waals surface area contributed by atoms with Gasteiger partial charge in [-0.1, -0.05) is 24.3 Å². The van der Waals surface area contributed by atoms with Gasteiger partial charge >= 0.3 is 0 Å². The van der Waals surface area contributed by atoms with Crippen LogP contribution in [0.5, 0.6) is 0 Å². The van der Waals surface area contributed by atoms with E-state index in [1.54, 1.807) is 31.2 Å². The Labute approximate surface area is 110 Å². The van der Waals surface area contributed by atoms with E-state index >= 15 is 0 Å². The highest BCUT2D eigenvalue weighted by Crippen LogP contribution is 2.11. The molecule has 2 nitrogen and oxygen atoms in total. The number of hydrogen-bond donors (Lipinski definition) is 1. The third-order valence-corrected chi connectivity index (χ3v) is 2.77. The molecule has 1 N–H and O–H groups in total. The van der Waals surface area contributed by atoms with Gasteiger partial charge in [-0.3, -0.25) is 4.79 Å². The Bertz CT molecular complexity index is 611. The number of benzene rings is 2. The molecule has 2 aromatic carbocycles. The topological polar surface area (TPSA) is 29.1 Å². The summed E-state index contributed by atoms with van der Waals surface area (Å²) in [4.78, 5) is 11.8. The number of halogens is 2. The van der Waals surface area contributed by atoms with Gasteiger partial charge in [-0.2, -0.15) is 0 Å². The lowest BCUT2D eigenvalue weighted by Gasteiger charge is -2.07. The van der Waals surface area contributed by atoms with Crippen LogP contribution in [0, 0.1) is 18.6 Å². The molecule has 0 saturated heterocycles. The molecule has 0 aliphatic heterocycles. The van der Waals surface area contributed by atoms with Crippen LogP contribution in [0.15, 0.2) is 42.5 Å². The highest BCUT2D eigenvalue weighted by atomic mass is 19.1. The lowest BCUT2D eigenvalue weighted by molar-refractivity contribution is 0.0946. The van der Waals surface area contributed by atoms with Crippen molar-refractivity contribution >= 4 is 5.91 Å². The molecule has 0 spiro atoms. The van der Waals surface area contributed by atoms with E-state index in [1.807, 2.05) is 0 Å². The number of hydrogen-bond acceptors (Lipinski definition) is 1. The number of rotatable bonds is 3. The number of nitrogens with one attached hydrogen (secondary N) is 1. The molecule has 2 aromatic rings. The van der Waals surface area contributed by atoms with Gasteiger partial charge in [0.2, 0.25) is 0 Å². The van der Waals surface area contributed by atoms with Crippen LogP contribution >= 0.6 is 0 Å². The van der Waals surface area contributed by atoms with Crippen molar-refractivity contribution in [3.63, 3.8) is 0 Å². The van der Waals surface area contributed by atoms with Gasteiger partial charge in [-0.05, 0) is 30.7 Å². The molecule has 0 unspecified atom stereocenters. The summed E-state index contributed by atoms with van der Waals surface area (Å²) in [5.41, 5.74) is 1.06. The van der Waals surface area contributed by atoms with E-state index in [9.17, 15) is 13.6 Å². The van der Waals surface area contributed by atoms with E-state index < -0.39 is 17.5 Å². The molecule has 2 rings (SSSR count). The van der Waals surface area contributed by atoms with Gasteiger partial charge in [0, 0.05) is 12.1 Å². The predicted octanol–water partition coefficient (Wildman–Crippen LogP) is 3.20. The fraction of sp³-hybridized carbons (Fsp3) is 0.133. The van der Waals surface area contributed by atoms with Crippen molar-refractivity contribution in [1.29, 1.82) is 0 Å². The van der Waals surface area contributed by atoms with Gasteiger partial charge in [-0.15, -0.1) is 0 Å². The second kappa shape index (κ2) is 5.61. The molecule has 0 atom stereocenters. The summed E-state index contributed by atoms with van der Waals surface area (Å²) >= 11 is 0. The summed E-state index contributed by atoms with van der Waals surface area (Å²) in [6.45, 7) is 1.77. The van der Waals surface area contributed by atoms with E-state index in [2.05, 4.69) is 5.32 Å². The standard InChI is InChI=1S/C15H13F2NO/c1-10-6-7-12(14(17)8-10)15(19)18-9-11-4-2-3-5-13(11)16/h2-8H,9H2,1H3,(H,18,19). The fourth-order valence-corrected chi connectivity index (χ4v) is 1.72. The zero-order chi connectivity index (χ0) is 13.8. The number of aryl methyl sites for hydroxylation is 1. The largest absolute Gasteiger partial charge is 0.348 e. The van der Waals surface area contributed by atoms with Crippen LogP contribution in [0.4, 0.5) is 8.78 Å².